The molecule has 26 heavy (non-hydrogen) atoms. The van der Waals surface area contributed by atoms with Crippen molar-refractivity contribution in [1.29, 1.82) is 0 Å². The lowest BCUT2D eigenvalue weighted by atomic mass is 10.1. The summed E-state index contributed by atoms with van der Waals surface area (Å²) in [6, 6.07) is 17.4. The summed E-state index contributed by atoms with van der Waals surface area (Å²) in [5.41, 5.74) is 3.60. The van der Waals surface area contributed by atoms with Crippen molar-refractivity contribution in [3.8, 4) is 11.3 Å². The number of aromatic nitrogens is 2. The highest BCUT2D eigenvalue weighted by Gasteiger charge is 2.20. The molecule has 4 nitrogen and oxygen atoms in total. The van der Waals surface area contributed by atoms with Crippen molar-refractivity contribution in [3.05, 3.63) is 84.4 Å². The summed E-state index contributed by atoms with van der Waals surface area (Å²) < 4.78 is 0. The molecule has 4 rings (SSSR count). The monoisotopic (exact) mass is 359 g/mol. The van der Waals surface area contributed by atoms with Crippen molar-refractivity contribution in [2.24, 2.45) is 0 Å². The lowest BCUT2D eigenvalue weighted by Gasteiger charge is -2.18. The van der Waals surface area contributed by atoms with Crippen LogP contribution >= 0.6 is 11.3 Å². The van der Waals surface area contributed by atoms with Gasteiger partial charge in [0.25, 0.3) is 5.91 Å². The van der Waals surface area contributed by atoms with E-state index in [1.165, 1.54) is 11.3 Å². The molecule has 2 aromatic carbocycles. The number of H-pyrrole nitrogens is 1. The lowest BCUT2D eigenvalue weighted by molar-refractivity contribution is 0.0989. The van der Waals surface area contributed by atoms with Gasteiger partial charge in [0.2, 0.25) is 0 Å². The molecule has 5 heteroatoms. The molecule has 0 aliphatic carbocycles. The molecule has 0 fully saturated rings. The maximum atomic E-state index is 12.9. The molecule has 0 aliphatic heterocycles. The van der Waals surface area contributed by atoms with Crippen LogP contribution in [0.15, 0.2) is 78.8 Å². The highest BCUT2D eigenvalue weighted by atomic mass is 32.1. The average molecular weight is 359 g/mol. The van der Waals surface area contributed by atoms with Crippen molar-refractivity contribution >= 4 is 33.3 Å². The first-order valence-electron chi connectivity index (χ1n) is 8.28. The van der Waals surface area contributed by atoms with Gasteiger partial charge in [-0.2, -0.15) is 0 Å². The van der Waals surface area contributed by atoms with Crippen LogP contribution in [0.3, 0.4) is 0 Å². The highest BCUT2D eigenvalue weighted by Crippen LogP contribution is 2.32. The first kappa shape index (κ1) is 16.3. The number of fused-ring (bicyclic) bond motifs is 1. The van der Waals surface area contributed by atoms with E-state index in [9.17, 15) is 4.79 Å². The Labute approximate surface area is 155 Å². The maximum absolute atomic E-state index is 12.9. The molecule has 0 unspecified atom stereocenters. The normalized spacial score (nSPS) is 10.8. The molecular formula is C21H17N3OS. The maximum Gasteiger partial charge on any atom is 0.260 e. The summed E-state index contributed by atoms with van der Waals surface area (Å²) in [7, 11) is 0. The Morgan fingerprint density at radius 1 is 1.15 bits per heavy atom. The van der Waals surface area contributed by atoms with Gasteiger partial charge >= 0.3 is 0 Å². The van der Waals surface area contributed by atoms with Crippen LogP contribution in [0, 0.1) is 0 Å². The van der Waals surface area contributed by atoms with Gasteiger partial charge < -0.3 is 4.98 Å². The number of nitrogens with one attached hydrogen (secondary N) is 1. The summed E-state index contributed by atoms with van der Waals surface area (Å²) >= 11 is 1.46. The van der Waals surface area contributed by atoms with E-state index in [0.717, 1.165) is 22.2 Å². The third-order valence-corrected chi connectivity index (χ3v) is 5.03. The van der Waals surface area contributed by atoms with Gasteiger partial charge in [0.05, 0.1) is 5.69 Å². The van der Waals surface area contributed by atoms with E-state index < -0.39 is 0 Å². The molecule has 2 heterocycles. The number of rotatable bonds is 5. The van der Waals surface area contributed by atoms with E-state index in [2.05, 4.69) is 17.6 Å². The zero-order valence-corrected chi connectivity index (χ0v) is 14.9. The van der Waals surface area contributed by atoms with E-state index in [-0.39, 0.29) is 5.91 Å². The Hall–Kier alpha value is -3.18. The smallest absolute Gasteiger partial charge is 0.260 e. The predicted octanol–water partition coefficient (Wildman–Crippen LogP) is 5.12. The largest absolute Gasteiger partial charge is 0.360 e. The Morgan fingerprint density at radius 3 is 2.73 bits per heavy atom. The standard InChI is InChI=1S/C21H17N3OS/c1-2-12-24(20(25)15-8-4-3-5-9-15)21-23-19(14-26-21)17-13-22-18-11-7-6-10-16(17)18/h2-11,13-14,22H,1,12H2. The third kappa shape index (κ3) is 2.93. The number of thiazole rings is 1. The number of anilines is 1. The van der Waals surface area contributed by atoms with E-state index in [1.807, 2.05) is 60.1 Å². The zero-order chi connectivity index (χ0) is 17.9. The number of hydrogen-bond donors (Lipinski definition) is 1. The number of amides is 1. The number of nitrogens with zero attached hydrogens (tertiary/aromatic N) is 2. The molecule has 1 N–H and O–H groups in total. The average Bonchev–Trinajstić information content (AvgIpc) is 3.33. The fraction of sp³-hybridized carbons (Fsp3) is 0.0476. The van der Waals surface area contributed by atoms with Gasteiger partial charge in [-0.1, -0.05) is 42.5 Å². The minimum Gasteiger partial charge on any atom is -0.360 e. The van der Waals surface area contributed by atoms with Crippen LogP contribution in [0.2, 0.25) is 0 Å². The van der Waals surface area contributed by atoms with Gasteiger partial charge in [0, 0.05) is 40.2 Å². The van der Waals surface area contributed by atoms with Crippen molar-refractivity contribution in [1.82, 2.24) is 9.97 Å². The second-order valence-electron chi connectivity index (χ2n) is 5.83. The molecule has 0 atom stereocenters. The predicted molar refractivity (Wildman–Crippen MR) is 108 cm³/mol. The van der Waals surface area contributed by atoms with Gasteiger partial charge in [0.15, 0.2) is 5.13 Å². The van der Waals surface area contributed by atoms with E-state index in [1.54, 1.807) is 11.0 Å². The molecule has 0 saturated heterocycles. The highest BCUT2D eigenvalue weighted by molar-refractivity contribution is 7.14. The summed E-state index contributed by atoms with van der Waals surface area (Å²) in [4.78, 5) is 22.5. The van der Waals surface area contributed by atoms with Crippen molar-refractivity contribution < 1.29 is 4.79 Å². The Bertz CT molecular complexity index is 1070. The quantitative estimate of drug-likeness (QED) is 0.503. The minimum absolute atomic E-state index is 0.0784. The van der Waals surface area contributed by atoms with Crippen LogP contribution in [0.5, 0.6) is 0 Å². The fourth-order valence-electron chi connectivity index (χ4n) is 2.91. The topological polar surface area (TPSA) is 49.0 Å². The second-order valence-corrected chi connectivity index (χ2v) is 6.67. The number of hydrogen-bond acceptors (Lipinski definition) is 3. The molecule has 0 aliphatic rings. The van der Waals surface area contributed by atoms with Crippen LogP contribution < -0.4 is 4.90 Å². The Kier molecular flexibility index (Phi) is 4.37. The number of benzene rings is 2. The van der Waals surface area contributed by atoms with Crippen molar-refractivity contribution in [2.75, 3.05) is 11.4 Å². The summed E-state index contributed by atoms with van der Waals surface area (Å²) in [5.74, 6) is -0.0784. The fourth-order valence-corrected chi connectivity index (χ4v) is 3.74. The Balaban J connectivity index is 1.70. The minimum atomic E-state index is -0.0784. The first-order valence-corrected chi connectivity index (χ1v) is 9.15. The van der Waals surface area contributed by atoms with Crippen molar-refractivity contribution in [3.63, 3.8) is 0 Å². The number of carbonyl (C=O) groups excluding carboxylic acids is 1. The Morgan fingerprint density at radius 2 is 1.92 bits per heavy atom. The van der Waals surface area contributed by atoms with Gasteiger partial charge in [-0.3, -0.25) is 9.69 Å². The molecule has 128 valence electrons. The van der Waals surface area contributed by atoms with E-state index in [4.69, 9.17) is 4.98 Å². The molecule has 4 aromatic rings. The molecule has 1 amide bonds. The van der Waals surface area contributed by atoms with Crippen LogP contribution in [0.1, 0.15) is 10.4 Å². The third-order valence-electron chi connectivity index (χ3n) is 4.17. The summed E-state index contributed by atoms with van der Waals surface area (Å²) in [6.45, 7) is 4.19. The summed E-state index contributed by atoms with van der Waals surface area (Å²) in [6.07, 6.45) is 3.67. The second kappa shape index (κ2) is 6.98. The molecule has 0 saturated carbocycles. The summed E-state index contributed by atoms with van der Waals surface area (Å²) in [5, 5.41) is 3.77. The van der Waals surface area contributed by atoms with E-state index in [0.29, 0.717) is 17.2 Å². The van der Waals surface area contributed by atoms with E-state index >= 15 is 0 Å². The number of aromatic amines is 1. The number of carbonyl (C=O) groups is 1. The van der Waals surface area contributed by atoms with Gasteiger partial charge in [0.1, 0.15) is 0 Å². The van der Waals surface area contributed by atoms with Crippen LogP contribution in [0.25, 0.3) is 22.2 Å². The number of para-hydroxylation sites is 1. The SMILES string of the molecule is C=CCN(C(=O)c1ccccc1)c1nc(-c2c[nH]c3ccccc23)cs1. The molecule has 0 spiro atoms. The molecular weight excluding hydrogens is 342 g/mol. The zero-order valence-electron chi connectivity index (χ0n) is 14.1. The van der Waals surface area contributed by atoms with Gasteiger partial charge in [-0.05, 0) is 18.2 Å². The molecule has 0 radical (unpaired) electrons. The lowest BCUT2D eigenvalue weighted by Crippen LogP contribution is -2.30. The first-order chi connectivity index (χ1) is 12.8. The molecule has 2 aromatic heterocycles. The van der Waals surface area contributed by atoms with Gasteiger partial charge in [-0.25, -0.2) is 4.98 Å². The van der Waals surface area contributed by atoms with Crippen LogP contribution in [0.4, 0.5) is 5.13 Å². The van der Waals surface area contributed by atoms with Gasteiger partial charge in [-0.15, -0.1) is 17.9 Å². The van der Waals surface area contributed by atoms with Crippen molar-refractivity contribution in [2.45, 2.75) is 0 Å². The van der Waals surface area contributed by atoms with Crippen LogP contribution in [-0.2, 0) is 0 Å². The molecule has 0 bridgehead atoms. The van der Waals surface area contributed by atoms with Crippen LogP contribution in [-0.4, -0.2) is 22.4 Å².